The topological polar surface area (TPSA) is 23.5 Å². The molecule has 128 valence electrons. The second kappa shape index (κ2) is 8.29. The van der Waals surface area contributed by atoms with Gasteiger partial charge in [0.15, 0.2) is 0 Å². The van der Waals surface area contributed by atoms with Crippen LogP contribution < -0.4 is 0 Å². The molecule has 0 spiro atoms. The van der Waals surface area contributed by atoms with E-state index in [-0.39, 0.29) is 5.82 Å². The molecule has 0 saturated carbocycles. The minimum Gasteiger partial charge on any atom is -0.508 e. The SMILES string of the molecule is Oc1cc(CCCc2ccc(F)cc2)ccc1CN1CCCCC1. The molecule has 1 N–H and O–H groups in total. The molecule has 0 aliphatic carbocycles. The lowest BCUT2D eigenvalue weighted by Gasteiger charge is -2.26. The molecule has 2 aromatic rings. The van der Waals surface area contributed by atoms with E-state index in [2.05, 4.69) is 17.0 Å². The fourth-order valence-corrected chi connectivity index (χ4v) is 3.40. The molecule has 0 aromatic heterocycles. The highest BCUT2D eigenvalue weighted by Crippen LogP contribution is 2.23. The Morgan fingerprint density at radius 1 is 0.875 bits per heavy atom. The Labute approximate surface area is 143 Å². The minimum atomic E-state index is -0.187. The van der Waals surface area contributed by atoms with Crippen molar-refractivity contribution in [2.24, 2.45) is 0 Å². The Morgan fingerprint density at radius 2 is 1.54 bits per heavy atom. The number of aryl methyl sites for hydroxylation is 2. The number of halogens is 1. The summed E-state index contributed by atoms with van der Waals surface area (Å²) in [5, 5.41) is 10.3. The summed E-state index contributed by atoms with van der Waals surface area (Å²) in [4.78, 5) is 2.42. The lowest BCUT2D eigenvalue weighted by atomic mass is 10.0. The number of hydrogen-bond acceptors (Lipinski definition) is 2. The largest absolute Gasteiger partial charge is 0.508 e. The van der Waals surface area contributed by atoms with Crippen LogP contribution in [0.4, 0.5) is 4.39 Å². The molecule has 0 atom stereocenters. The van der Waals surface area contributed by atoms with Crippen molar-refractivity contribution in [3.8, 4) is 5.75 Å². The van der Waals surface area contributed by atoms with Gasteiger partial charge in [-0.2, -0.15) is 0 Å². The van der Waals surface area contributed by atoms with Crippen molar-refractivity contribution in [3.63, 3.8) is 0 Å². The fourth-order valence-electron chi connectivity index (χ4n) is 3.40. The van der Waals surface area contributed by atoms with E-state index < -0.39 is 0 Å². The van der Waals surface area contributed by atoms with Gasteiger partial charge in [-0.1, -0.05) is 30.7 Å². The van der Waals surface area contributed by atoms with Crippen LogP contribution in [0.1, 0.15) is 42.4 Å². The summed E-state index contributed by atoms with van der Waals surface area (Å²) in [6.45, 7) is 3.12. The van der Waals surface area contributed by atoms with Crippen molar-refractivity contribution in [2.75, 3.05) is 13.1 Å². The number of phenols is 1. The highest BCUT2D eigenvalue weighted by molar-refractivity contribution is 5.36. The van der Waals surface area contributed by atoms with Crippen LogP contribution >= 0.6 is 0 Å². The first-order chi connectivity index (χ1) is 11.7. The number of aromatic hydroxyl groups is 1. The van der Waals surface area contributed by atoms with E-state index in [0.29, 0.717) is 5.75 Å². The predicted molar refractivity (Wildman–Crippen MR) is 95.7 cm³/mol. The molecule has 1 heterocycles. The normalized spacial score (nSPS) is 15.5. The van der Waals surface area contributed by atoms with Crippen LogP contribution in [0.5, 0.6) is 5.75 Å². The molecule has 1 fully saturated rings. The summed E-state index contributed by atoms with van der Waals surface area (Å²) in [6.07, 6.45) is 6.71. The second-order valence-corrected chi connectivity index (χ2v) is 6.78. The number of benzene rings is 2. The molecule has 0 unspecified atom stereocenters. The number of nitrogens with zero attached hydrogens (tertiary/aromatic N) is 1. The zero-order valence-corrected chi connectivity index (χ0v) is 14.2. The Hall–Kier alpha value is -1.87. The molecule has 0 amide bonds. The molecule has 1 aliphatic heterocycles. The third-order valence-electron chi connectivity index (χ3n) is 4.84. The maximum Gasteiger partial charge on any atom is 0.123 e. The van der Waals surface area contributed by atoms with Gasteiger partial charge in [-0.05, 0) is 74.5 Å². The third kappa shape index (κ3) is 4.81. The van der Waals surface area contributed by atoms with Crippen LogP contribution in [-0.2, 0) is 19.4 Å². The molecule has 2 nitrogen and oxygen atoms in total. The average Bonchev–Trinajstić information content (AvgIpc) is 2.60. The average molecular weight is 327 g/mol. The predicted octanol–water partition coefficient (Wildman–Crippen LogP) is 4.69. The molecule has 1 aliphatic rings. The third-order valence-corrected chi connectivity index (χ3v) is 4.84. The molecule has 3 rings (SSSR count). The standard InChI is InChI=1S/C21H26FNO/c22-20-11-8-17(9-12-20)5-4-6-18-7-10-19(21(24)15-18)16-23-13-2-1-3-14-23/h7-12,15,24H,1-6,13-14,16H2. The molecule has 1 saturated heterocycles. The van der Waals surface area contributed by atoms with Gasteiger partial charge in [0.05, 0.1) is 0 Å². The first-order valence-electron chi connectivity index (χ1n) is 8.98. The quantitative estimate of drug-likeness (QED) is 0.832. The summed E-state index contributed by atoms with van der Waals surface area (Å²) in [7, 11) is 0. The Bertz CT molecular complexity index is 647. The highest BCUT2D eigenvalue weighted by Gasteiger charge is 2.12. The van der Waals surface area contributed by atoms with Gasteiger partial charge in [0.1, 0.15) is 11.6 Å². The van der Waals surface area contributed by atoms with E-state index >= 15 is 0 Å². The van der Waals surface area contributed by atoms with Crippen molar-refractivity contribution in [1.29, 1.82) is 0 Å². The van der Waals surface area contributed by atoms with E-state index in [1.807, 2.05) is 18.2 Å². The number of hydrogen-bond donors (Lipinski definition) is 1. The monoisotopic (exact) mass is 327 g/mol. The van der Waals surface area contributed by atoms with Gasteiger partial charge >= 0.3 is 0 Å². The van der Waals surface area contributed by atoms with Crippen LogP contribution in [0.15, 0.2) is 42.5 Å². The van der Waals surface area contributed by atoms with Gasteiger partial charge in [0, 0.05) is 12.1 Å². The Morgan fingerprint density at radius 3 is 2.25 bits per heavy atom. The van der Waals surface area contributed by atoms with Crippen molar-refractivity contribution in [2.45, 2.75) is 45.1 Å². The van der Waals surface area contributed by atoms with Crippen molar-refractivity contribution < 1.29 is 9.50 Å². The zero-order chi connectivity index (χ0) is 16.8. The number of piperidine rings is 1. The van der Waals surface area contributed by atoms with E-state index in [1.165, 1.54) is 31.4 Å². The molecular weight excluding hydrogens is 301 g/mol. The van der Waals surface area contributed by atoms with Crippen molar-refractivity contribution in [1.82, 2.24) is 4.90 Å². The molecule has 0 radical (unpaired) electrons. The van der Waals surface area contributed by atoms with Crippen LogP contribution in [0, 0.1) is 5.82 Å². The van der Waals surface area contributed by atoms with Gasteiger partial charge in [0.25, 0.3) is 0 Å². The summed E-state index contributed by atoms with van der Waals surface area (Å²) in [5.74, 6) is 0.229. The van der Waals surface area contributed by atoms with Gasteiger partial charge < -0.3 is 5.11 Å². The lowest BCUT2D eigenvalue weighted by Crippen LogP contribution is -2.29. The summed E-state index contributed by atoms with van der Waals surface area (Å²) < 4.78 is 12.9. The summed E-state index contributed by atoms with van der Waals surface area (Å²) in [5.41, 5.74) is 3.35. The number of rotatable bonds is 6. The minimum absolute atomic E-state index is 0.187. The molecule has 2 aromatic carbocycles. The lowest BCUT2D eigenvalue weighted by molar-refractivity contribution is 0.218. The highest BCUT2D eigenvalue weighted by atomic mass is 19.1. The molecular formula is C21H26FNO. The van der Waals surface area contributed by atoms with Gasteiger partial charge in [-0.3, -0.25) is 4.90 Å². The number of phenolic OH excluding ortho intramolecular Hbond substituents is 1. The van der Waals surface area contributed by atoms with E-state index in [4.69, 9.17) is 0 Å². The van der Waals surface area contributed by atoms with E-state index in [1.54, 1.807) is 0 Å². The molecule has 3 heteroatoms. The van der Waals surface area contributed by atoms with Crippen molar-refractivity contribution in [3.05, 3.63) is 65.0 Å². The Kier molecular flexibility index (Phi) is 5.86. The number of likely N-dealkylation sites (tertiary alicyclic amines) is 1. The Balaban J connectivity index is 1.51. The maximum absolute atomic E-state index is 12.9. The summed E-state index contributed by atoms with van der Waals surface area (Å²) >= 11 is 0. The molecule has 24 heavy (non-hydrogen) atoms. The van der Waals surface area contributed by atoms with Crippen LogP contribution in [0.2, 0.25) is 0 Å². The van der Waals surface area contributed by atoms with Crippen LogP contribution in [-0.4, -0.2) is 23.1 Å². The van der Waals surface area contributed by atoms with Crippen LogP contribution in [0.3, 0.4) is 0 Å². The van der Waals surface area contributed by atoms with Crippen LogP contribution in [0.25, 0.3) is 0 Å². The van der Waals surface area contributed by atoms with Gasteiger partial charge in [-0.15, -0.1) is 0 Å². The van der Waals surface area contributed by atoms with Gasteiger partial charge in [0.2, 0.25) is 0 Å². The van der Waals surface area contributed by atoms with Crippen molar-refractivity contribution >= 4 is 0 Å². The maximum atomic E-state index is 12.9. The molecule has 0 bridgehead atoms. The first-order valence-corrected chi connectivity index (χ1v) is 8.98. The van der Waals surface area contributed by atoms with Gasteiger partial charge in [-0.25, -0.2) is 4.39 Å². The van der Waals surface area contributed by atoms with E-state index in [9.17, 15) is 9.50 Å². The first kappa shape index (κ1) is 17.0. The summed E-state index contributed by atoms with van der Waals surface area (Å²) in [6, 6.07) is 12.8. The van der Waals surface area contributed by atoms with E-state index in [0.717, 1.165) is 55.6 Å². The smallest absolute Gasteiger partial charge is 0.123 e. The second-order valence-electron chi connectivity index (χ2n) is 6.78. The fraction of sp³-hybridized carbons (Fsp3) is 0.429. The zero-order valence-electron chi connectivity index (χ0n) is 14.2.